The number of anilines is 1. The zero-order chi connectivity index (χ0) is 17.6. The minimum Gasteiger partial charge on any atom is -0.378 e. The van der Waals surface area contributed by atoms with E-state index in [2.05, 4.69) is 0 Å². The number of carbonyl (C=O) groups excluding carboxylic acids is 1. The van der Waals surface area contributed by atoms with Gasteiger partial charge in [-0.2, -0.15) is 0 Å². The second-order valence-electron chi connectivity index (χ2n) is 5.75. The maximum Gasteiger partial charge on any atom is 0.332 e. The quantitative estimate of drug-likeness (QED) is 0.626. The van der Waals surface area contributed by atoms with E-state index in [0.717, 1.165) is 4.57 Å². The Labute approximate surface area is 136 Å². The molecule has 2 aromatic heterocycles. The maximum absolute atomic E-state index is 12.8. The van der Waals surface area contributed by atoms with Crippen LogP contribution in [0.2, 0.25) is 0 Å². The highest BCUT2D eigenvalue weighted by Gasteiger charge is 2.26. The maximum atomic E-state index is 12.8. The summed E-state index contributed by atoms with van der Waals surface area (Å²) in [5.74, 6) is 0. The standard InChI is InChI=1S/C15H18N4O5/c1-16-12-10(14(22)18(3)15(23)17(12)2)11(9(8-20)13(16)21)19-4-6-24-7-5-19/h8H,4-7H2,1-3H3. The zero-order valence-electron chi connectivity index (χ0n) is 13.7. The van der Waals surface area contributed by atoms with Gasteiger partial charge in [-0.05, 0) is 0 Å². The minimum atomic E-state index is -0.540. The van der Waals surface area contributed by atoms with E-state index in [0.29, 0.717) is 32.6 Å². The van der Waals surface area contributed by atoms with Crippen molar-refractivity contribution in [3.05, 3.63) is 36.8 Å². The van der Waals surface area contributed by atoms with Gasteiger partial charge < -0.3 is 9.64 Å². The monoisotopic (exact) mass is 334 g/mol. The van der Waals surface area contributed by atoms with Crippen molar-refractivity contribution >= 4 is 23.0 Å². The van der Waals surface area contributed by atoms with Gasteiger partial charge >= 0.3 is 5.69 Å². The Kier molecular flexibility index (Phi) is 3.88. The van der Waals surface area contributed by atoms with E-state index >= 15 is 0 Å². The Morgan fingerprint density at radius 2 is 1.54 bits per heavy atom. The molecule has 2 aromatic rings. The van der Waals surface area contributed by atoms with Gasteiger partial charge in [0.2, 0.25) is 0 Å². The van der Waals surface area contributed by atoms with Crippen molar-refractivity contribution < 1.29 is 9.53 Å². The molecule has 1 fully saturated rings. The van der Waals surface area contributed by atoms with Crippen molar-refractivity contribution in [2.75, 3.05) is 31.2 Å². The molecule has 0 radical (unpaired) electrons. The number of rotatable bonds is 2. The van der Waals surface area contributed by atoms with Gasteiger partial charge in [-0.25, -0.2) is 4.79 Å². The number of nitrogens with zero attached hydrogens (tertiary/aromatic N) is 4. The summed E-state index contributed by atoms with van der Waals surface area (Å²) in [6.45, 7) is 1.77. The van der Waals surface area contributed by atoms with Crippen molar-refractivity contribution in [2.24, 2.45) is 21.1 Å². The Morgan fingerprint density at radius 1 is 0.917 bits per heavy atom. The van der Waals surface area contributed by atoms with Crippen LogP contribution in [0.4, 0.5) is 5.69 Å². The number of hydrogen-bond donors (Lipinski definition) is 0. The number of aryl methyl sites for hydroxylation is 2. The summed E-state index contributed by atoms with van der Waals surface area (Å²) in [6, 6.07) is 0. The van der Waals surface area contributed by atoms with Crippen molar-refractivity contribution in [3.63, 3.8) is 0 Å². The summed E-state index contributed by atoms with van der Waals surface area (Å²) >= 11 is 0. The molecule has 0 unspecified atom stereocenters. The summed E-state index contributed by atoms with van der Waals surface area (Å²) < 4.78 is 8.70. The summed E-state index contributed by atoms with van der Waals surface area (Å²) in [4.78, 5) is 50.9. The average Bonchev–Trinajstić information content (AvgIpc) is 2.60. The molecule has 0 spiro atoms. The summed E-state index contributed by atoms with van der Waals surface area (Å²) in [5, 5.41) is 0.186. The molecule has 0 N–H and O–H groups in total. The van der Waals surface area contributed by atoms with Crippen LogP contribution in [-0.4, -0.2) is 46.3 Å². The first-order valence-electron chi connectivity index (χ1n) is 7.50. The van der Waals surface area contributed by atoms with Crippen LogP contribution in [0.15, 0.2) is 14.4 Å². The number of hydrogen-bond acceptors (Lipinski definition) is 6. The van der Waals surface area contributed by atoms with Gasteiger partial charge in [0, 0.05) is 34.2 Å². The number of morpholine rings is 1. The number of carbonyl (C=O) groups is 1. The smallest absolute Gasteiger partial charge is 0.332 e. The second kappa shape index (κ2) is 5.75. The van der Waals surface area contributed by atoms with Gasteiger partial charge in [-0.15, -0.1) is 0 Å². The number of fused-ring (bicyclic) bond motifs is 1. The number of pyridine rings is 1. The van der Waals surface area contributed by atoms with Crippen LogP contribution in [0.1, 0.15) is 10.4 Å². The third kappa shape index (κ3) is 2.12. The number of ether oxygens (including phenoxy) is 1. The van der Waals surface area contributed by atoms with E-state index in [1.807, 2.05) is 0 Å². The fourth-order valence-corrected chi connectivity index (χ4v) is 3.17. The van der Waals surface area contributed by atoms with Crippen LogP contribution >= 0.6 is 0 Å². The van der Waals surface area contributed by atoms with Crippen LogP contribution < -0.4 is 21.7 Å². The lowest BCUT2D eigenvalue weighted by atomic mass is 10.1. The van der Waals surface area contributed by atoms with E-state index in [1.54, 1.807) is 4.90 Å². The van der Waals surface area contributed by atoms with E-state index in [1.165, 1.54) is 30.3 Å². The molecular weight excluding hydrogens is 316 g/mol. The number of aldehydes is 1. The van der Waals surface area contributed by atoms with Gasteiger partial charge in [0.15, 0.2) is 6.29 Å². The second-order valence-corrected chi connectivity index (χ2v) is 5.75. The topological polar surface area (TPSA) is 95.5 Å². The lowest BCUT2D eigenvalue weighted by Gasteiger charge is -2.31. The zero-order valence-corrected chi connectivity index (χ0v) is 13.7. The highest BCUT2D eigenvalue weighted by molar-refractivity contribution is 5.99. The molecule has 3 heterocycles. The van der Waals surface area contributed by atoms with Gasteiger partial charge in [0.1, 0.15) is 16.6 Å². The third-order valence-electron chi connectivity index (χ3n) is 4.42. The van der Waals surface area contributed by atoms with Gasteiger partial charge in [-0.3, -0.25) is 28.1 Å². The number of aromatic nitrogens is 3. The molecule has 1 saturated heterocycles. The molecule has 0 bridgehead atoms. The Bertz CT molecular complexity index is 1010. The fraction of sp³-hybridized carbons (Fsp3) is 0.467. The molecule has 0 saturated carbocycles. The van der Waals surface area contributed by atoms with Crippen LogP contribution in [-0.2, 0) is 25.9 Å². The molecule has 1 aliphatic heterocycles. The van der Waals surface area contributed by atoms with Crippen molar-refractivity contribution in [1.82, 2.24) is 13.7 Å². The first kappa shape index (κ1) is 16.2. The SMILES string of the molecule is Cn1c(=O)c2c(N3CCOCC3)c(C=O)c(=O)n(C)c2n(C)c1=O. The predicted molar refractivity (Wildman–Crippen MR) is 88.1 cm³/mol. The van der Waals surface area contributed by atoms with Crippen molar-refractivity contribution in [1.29, 1.82) is 0 Å². The molecule has 128 valence electrons. The molecule has 0 aliphatic carbocycles. The fourth-order valence-electron chi connectivity index (χ4n) is 3.17. The predicted octanol–water partition coefficient (Wildman–Crippen LogP) is -1.41. The first-order valence-corrected chi connectivity index (χ1v) is 7.50. The largest absolute Gasteiger partial charge is 0.378 e. The molecule has 24 heavy (non-hydrogen) atoms. The molecule has 9 heteroatoms. The molecule has 9 nitrogen and oxygen atoms in total. The van der Waals surface area contributed by atoms with Crippen LogP contribution in [0.25, 0.3) is 11.0 Å². The summed E-state index contributed by atoms with van der Waals surface area (Å²) in [6.07, 6.45) is 0.469. The third-order valence-corrected chi connectivity index (χ3v) is 4.42. The molecule has 0 aromatic carbocycles. The van der Waals surface area contributed by atoms with Gasteiger partial charge in [-0.1, -0.05) is 0 Å². The lowest BCUT2D eigenvalue weighted by molar-refractivity contribution is 0.111. The lowest BCUT2D eigenvalue weighted by Crippen LogP contribution is -2.43. The normalized spacial score (nSPS) is 15.0. The Balaban J connectivity index is 2.60. The van der Waals surface area contributed by atoms with E-state index in [4.69, 9.17) is 4.74 Å². The van der Waals surface area contributed by atoms with Gasteiger partial charge in [0.25, 0.3) is 11.1 Å². The average molecular weight is 334 g/mol. The first-order chi connectivity index (χ1) is 11.4. The van der Waals surface area contributed by atoms with Crippen LogP contribution in [0.3, 0.4) is 0 Å². The molecular formula is C15H18N4O5. The van der Waals surface area contributed by atoms with Crippen LogP contribution in [0, 0.1) is 0 Å². The minimum absolute atomic E-state index is 0.0809. The molecule has 3 rings (SSSR count). The van der Waals surface area contributed by atoms with E-state index < -0.39 is 16.8 Å². The Hall–Kier alpha value is -2.68. The summed E-state index contributed by atoms with van der Waals surface area (Å²) in [5.41, 5.74) is -1.21. The Morgan fingerprint density at radius 3 is 2.12 bits per heavy atom. The highest BCUT2D eigenvalue weighted by Crippen LogP contribution is 2.25. The highest BCUT2D eigenvalue weighted by atomic mass is 16.5. The summed E-state index contributed by atoms with van der Waals surface area (Å²) in [7, 11) is 4.31. The van der Waals surface area contributed by atoms with E-state index in [-0.39, 0.29) is 22.3 Å². The van der Waals surface area contributed by atoms with E-state index in [9.17, 15) is 19.2 Å². The van der Waals surface area contributed by atoms with Crippen molar-refractivity contribution in [3.8, 4) is 0 Å². The van der Waals surface area contributed by atoms with Crippen LogP contribution in [0.5, 0.6) is 0 Å². The van der Waals surface area contributed by atoms with Gasteiger partial charge in [0.05, 0.1) is 18.9 Å². The molecule has 0 atom stereocenters. The molecule has 0 amide bonds. The molecule has 1 aliphatic rings. The van der Waals surface area contributed by atoms with Crippen molar-refractivity contribution in [2.45, 2.75) is 0 Å².